The number of aromatic nitrogens is 3. The van der Waals surface area contributed by atoms with Crippen molar-refractivity contribution in [2.24, 2.45) is 0 Å². The molecule has 0 aliphatic carbocycles. The Labute approximate surface area is 149 Å². The fourth-order valence-corrected chi connectivity index (χ4v) is 3.60. The van der Waals surface area contributed by atoms with Crippen molar-refractivity contribution < 1.29 is 23.4 Å². The van der Waals surface area contributed by atoms with Crippen LogP contribution in [0.2, 0.25) is 0 Å². The highest BCUT2D eigenvalue weighted by Gasteiger charge is 2.26. The fourth-order valence-electron chi connectivity index (χ4n) is 2.34. The third-order valence-electron chi connectivity index (χ3n) is 3.73. The number of sulfone groups is 1. The number of phenols is 2. The van der Waals surface area contributed by atoms with Crippen molar-refractivity contribution in [3.05, 3.63) is 59.9 Å². The topological polar surface area (TPSA) is 122 Å². The normalized spacial score (nSPS) is 11.4. The Kier molecular flexibility index (Phi) is 4.47. The van der Waals surface area contributed by atoms with Gasteiger partial charge in [-0.15, -0.1) is 10.2 Å². The number of ketones is 1. The maximum absolute atomic E-state index is 12.6. The minimum Gasteiger partial charge on any atom is -0.504 e. The Morgan fingerprint density at radius 2 is 1.77 bits per heavy atom. The first kappa shape index (κ1) is 17.6. The zero-order valence-corrected chi connectivity index (χ0v) is 14.5. The van der Waals surface area contributed by atoms with Gasteiger partial charge < -0.3 is 10.2 Å². The van der Waals surface area contributed by atoms with Gasteiger partial charge in [0.15, 0.2) is 17.3 Å². The van der Waals surface area contributed by atoms with Gasteiger partial charge in [0.2, 0.25) is 9.84 Å². The van der Waals surface area contributed by atoms with E-state index in [1.54, 1.807) is 12.1 Å². The first-order valence-corrected chi connectivity index (χ1v) is 9.18. The second kappa shape index (κ2) is 6.60. The number of benzene rings is 2. The number of carbonyl (C=O) groups is 1. The lowest BCUT2D eigenvalue weighted by atomic mass is 10.1. The number of nitrogens with zero attached hydrogens (tertiary/aromatic N) is 3. The average Bonchev–Trinajstić information content (AvgIpc) is 3.08. The molecule has 0 atom stereocenters. The molecule has 0 aliphatic heterocycles. The monoisotopic (exact) mass is 373 g/mol. The molecule has 0 unspecified atom stereocenters. The molecular weight excluding hydrogens is 358 g/mol. The summed E-state index contributed by atoms with van der Waals surface area (Å²) in [6, 6.07) is 10.4. The molecule has 8 nitrogen and oxygen atoms in total. The van der Waals surface area contributed by atoms with Crippen LogP contribution in [-0.2, 0) is 9.84 Å². The number of phenolic OH excluding ortho intramolecular Hbond substituents is 2. The Morgan fingerprint density at radius 1 is 1.08 bits per heavy atom. The molecule has 3 rings (SSSR count). The quantitative estimate of drug-likeness (QED) is 0.515. The largest absolute Gasteiger partial charge is 0.504 e. The van der Waals surface area contributed by atoms with E-state index in [1.165, 1.54) is 17.0 Å². The lowest BCUT2D eigenvalue weighted by molar-refractivity contribution is 0.102. The minimum atomic E-state index is -4.08. The van der Waals surface area contributed by atoms with Crippen molar-refractivity contribution in [3.63, 3.8) is 0 Å². The van der Waals surface area contributed by atoms with Crippen LogP contribution in [0.4, 0.5) is 0 Å². The van der Waals surface area contributed by atoms with Crippen LogP contribution >= 0.6 is 0 Å². The molecule has 0 spiro atoms. The zero-order valence-electron chi connectivity index (χ0n) is 13.7. The van der Waals surface area contributed by atoms with Gasteiger partial charge in [0.1, 0.15) is 12.1 Å². The van der Waals surface area contributed by atoms with Crippen LogP contribution in [0.25, 0.3) is 5.69 Å². The average molecular weight is 373 g/mol. The van der Waals surface area contributed by atoms with Gasteiger partial charge in [-0.25, -0.2) is 8.42 Å². The number of Topliss-reactive ketones (excluding diaryl/α,β-unsaturated/α-hetero) is 1. The number of aromatic hydroxyl groups is 2. The maximum atomic E-state index is 12.6. The second-order valence-corrected chi connectivity index (χ2v) is 7.59. The SMILES string of the molecule is Cc1ccc(-n2cnnc2S(=O)(=O)CC(=O)c2ccc(O)c(O)c2)cc1. The van der Waals surface area contributed by atoms with Gasteiger partial charge in [0.05, 0.1) is 0 Å². The van der Waals surface area contributed by atoms with Crippen LogP contribution in [-0.4, -0.2) is 44.9 Å². The molecule has 0 amide bonds. The molecule has 134 valence electrons. The van der Waals surface area contributed by atoms with Gasteiger partial charge in [-0.1, -0.05) is 17.7 Å². The highest BCUT2D eigenvalue weighted by molar-refractivity contribution is 7.92. The molecule has 1 aromatic heterocycles. The molecule has 2 aromatic carbocycles. The van der Waals surface area contributed by atoms with Gasteiger partial charge >= 0.3 is 0 Å². The van der Waals surface area contributed by atoms with Crippen LogP contribution in [0.1, 0.15) is 15.9 Å². The molecule has 0 saturated carbocycles. The summed E-state index contributed by atoms with van der Waals surface area (Å²) < 4.78 is 26.6. The van der Waals surface area contributed by atoms with Gasteiger partial charge in [0.25, 0.3) is 5.16 Å². The Morgan fingerprint density at radius 3 is 2.42 bits per heavy atom. The predicted molar refractivity (Wildman–Crippen MR) is 92.3 cm³/mol. The van der Waals surface area contributed by atoms with Crippen molar-refractivity contribution in [3.8, 4) is 17.2 Å². The molecule has 3 aromatic rings. The molecule has 0 bridgehead atoms. The van der Waals surface area contributed by atoms with E-state index >= 15 is 0 Å². The minimum absolute atomic E-state index is 0.0368. The molecule has 26 heavy (non-hydrogen) atoms. The summed E-state index contributed by atoms with van der Waals surface area (Å²) in [6.07, 6.45) is 1.26. The standard InChI is InChI=1S/C17H15N3O5S/c1-11-2-5-13(6-3-11)20-10-18-19-17(20)26(24,25)9-16(23)12-4-7-14(21)15(22)8-12/h2-8,10,21-22H,9H2,1H3. The number of carbonyl (C=O) groups excluding carboxylic acids is 1. The third kappa shape index (κ3) is 3.42. The van der Waals surface area contributed by atoms with E-state index in [1.807, 2.05) is 19.1 Å². The Hall–Kier alpha value is -3.20. The van der Waals surface area contributed by atoms with Gasteiger partial charge in [0, 0.05) is 11.3 Å². The lowest BCUT2D eigenvalue weighted by Gasteiger charge is -2.08. The van der Waals surface area contributed by atoms with E-state index in [0.29, 0.717) is 5.69 Å². The number of rotatable bonds is 5. The Balaban J connectivity index is 1.92. The summed E-state index contributed by atoms with van der Waals surface area (Å²) in [6.45, 7) is 1.90. The van der Waals surface area contributed by atoms with Crippen molar-refractivity contribution in [1.82, 2.24) is 14.8 Å². The number of aryl methyl sites for hydroxylation is 1. The fraction of sp³-hybridized carbons (Fsp3) is 0.118. The van der Waals surface area contributed by atoms with E-state index in [2.05, 4.69) is 10.2 Å². The molecule has 1 heterocycles. The van der Waals surface area contributed by atoms with E-state index in [-0.39, 0.29) is 10.7 Å². The summed E-state index contributed by atoms with van der Waals surface area (Å²) in [4.78, 5) is 12.3. The summed E-state index contributed by atoms with van der Waals surface area (Å²) in [7, 11) is -4.08. The van der Waals surface area contributed by atoms with Crippen molar-refractivity contribution in [2.45, 2.75) is 12.1 Å². The van der Waals surface area contributed by atoms with Crippen LogP contribution in [0.15, 0.2) is 53.9 Å². The van der Waals surface area contributed by atoms with Crippen molar-refractivity contribution >= 4 is 15.6 Å². The van der Waals surface area contributed by atoms with E-state index in [0.717, 1.165) is 17.7 Å². The van der Waals surface area contributed by atoms with Gasteiger partial charge in [-0.05, 0) is 37.3 Å². The molecule has 0 radical (unpaired) electrons. The smallest absolute Gasteiger partial charge is 0.254 e. The first-order chi connectivity index (χ1) is 12.3. The van der Waals surface area contributed by atoms with E-state index in [9.17, 15) is 23.4 Å². The van der Waals surface area contributed by atoms with Crippen LogP contribution in [0, 0.1) is 6.92 Å². The first-order valence-electron chi connectivity index (χ1n) is 7.53. The second-order valence-electron chi connectivity index (χ2n) is 5.70. The van der Waals surface area contributed by atoms with Crippen molar-refractivity contribution in [2.75, 3.05) is 5.75 Å². The van der Waals surface area contributed by atoms with E-state index in [4.69, 9.17) is 0 Å². The summed E-state index contributed by atoms with van der Waals surface area (Å²) >= 11 is 0. The molecule has 2 N–H and O–H groups in total. The molecule has 0 fully saturated rings. The summed E-state index contributed by atoms with van der Waals surface area (Å²) in [5.41, 5.74) is 1.52. The zero-order chi connectivity index (χ0) is 18.9. The van der Waals surface area contributed by atoms with E-state index < -0.39 is 32.9 Å². The van der Waals surface area contributed by atoms with Crippen LogP contribution in [0.3, 0.4) is 0 Å². The molecule has 9 heteroatoms. The third-order valence-corrected chi connectivity index (χ3v) is 5.20. The summed E-state index contributed by atoms with van der Waals surface area (Å²) in [5, 5.41) is 25.7. The molecule has 0 aliphatic rings. The van der Waals surface area contributed by atoms with Crippen molar-refractivity contribution in [1.29, 1.82) is 0 Å². The lowest BCUT2D eigenvalue weighted by Crippen LogP contribution is -2.20. The summed E-state index contributed by atoms with van der Waals surface area (Å²) in [5.74, 6) is -2.49. The Bertz CT molecular complexity index is 1070. The van der Waals surface area contributed by atoms with Gasteiger partial charge in [-0.2, -0.15) is 0 Å². The maximum Gasteiger partial charge on any atom is 0.254 e. The molecular formula is C17H15N3O5S. The highest BCUT2D eigenvalue weighted by Crippen LogP contribution is 2.25. The predicted octanol–water partition coefficient (Wildman–Crippen LogP) is 1.64. The van der Waals surface area contributed by atoms with Gasteiger partial charge in [-0.3, -0.25) is 9.36 Å². The highest BCUT2D eigenvalue weighted by atomic mass is 32.2. The van der Waals surface area contributed by atoms with Crippen LogP contribution < -0.4 is 0 Å². The number of hydrogen-bond donors (Lipinski definition) is 2. The van der Waals surface area contributed by atoms with Crippen LogP contribution in [0.5, 0.6) is 11.5 Å². The number of hydrogen-bond acceptors (Lipinski definition) is 7. The molecule has 0 saturated heterocycles.